The molecule has 0 aliphatic heterocycles. The number of nitrogens with zero attached hydrogens (tertiary/aromatic N) is 1. The van der Waals surface area contributed by atoms with E-state index in [0.717, 1.165) is 10.4 Å². The monoisotopic (exact) mass is 439 g/mol. The van der Waals surface area contributed by atoms with Gasteiger partial charge in [0.2, 0.25) is 10.0 Å². The number of rotatable bonds is 7. The van der Waals surface area contributed by atoms with Crippen LogP contribution >= 0.6 is 11.3 Å². The largest absolute Gasteiger partial charge is 0.423 e. The maximum atomic E-state index is 13.7. The second-order valence-corrected chi connectivity index (χ2v) is 10.0. The minimum Gasteiger partial charge on any atom is -0.423 e. The maximum Gasteiger partial charge on any atom is 0.336 e. The molecule has 0 unspecified atom stereocenters. The van der Waals surface area contributed by atoms with Gasteiger partial charge in [0.1, 0.15) is 5.58 Å². The smallest absolute Gasteiger partial charge is 0.336 e. The highest BCUT2D eigenvalue weighted by molar-refractivity contribution is 7.89. The molecule has 0 N–H and O–H groups in total. The zero-order valence-electron chi connectivity index (χ0n) is 16.4. The van der Waals surface area contributed by atoms with Gasteiger partial charge in [-0.05, 0) is 54.6 Å². The SMILES string of the molecule is C[C@@H](Cc1cccs1)N(Cc1ccccc1)S(=O)(=O)c1ccc2oc(=O)ccc2c1. The molecule has 2 heterocycles. The van der Waals surface area contributed by atoms with Gasteiger partial charge in [0.25, 0.3) is 0 Å². The fourth-order valence-corrected chi connectivity index (χ4v) is 5.89. The molecule has 0 saturated heterocycles. The van der Waals surface area contributed by atoms with E-state index in [4.69, 9.17) is 4.42 Å². The van der Waals surface area contributed by atoms with Gasteiger partial charge in [-0.3, -0.25) is 0 Å². The standard InChI is InChI=1S/C23H21NO4S2/c1-17(14-20-8-5-13-29-20)24(16-18-6-3-2-4-7-18)30(26,27)21-10-11-22-19(15-21)9-12-23(25)28-22/h2-13,15,17H,14,16H2,1H3/t17-/m0/s1. The molecule has 2 aromatic carbocycles. The van der Waals surface area contributed by atoms with E-state index in [1.54, 1.807) is 27.8 Å². The van der Waals surface area contributed by atoms with Crippen LogP contribution in [0.2, 0.25) is 0 Å². The molecule has 0 aliphatic rings. The van der Waals surface area contributed by atoms with E-state index >= 15 is 0 Å². The van der Waals surface area contributed by atoms with Crippen LogP contribution in [-0.4, -0.2) is 18.8 Å². The van der Waals surface area contributed by atoms with E-state index in [9.17, 15) is 13.2 Å². The van der Waals surface area contributed by atoms with Crippen molar-refractivity contribution < 1.29 is 12.8 Å². The van der Waals surface area contributed by atoms with Crippen LogP contribution in [0, 0.1) is 0 Å². The van der Waals surface area contributed by atoms with Gasteiger partial charge in [0.15, 0.2) is 0 Å². The highest BCUT2D eigenvalue weighted by atomic mass is 32.2. The third-order valence-corrected chi connectivity index (χ3v) is 7.80. The number of sulfonamides is 1. The molecule has 2 aromatic heterocycles. The van der Waals surface area contributed by atoms with E-state index in [-0.39, 0.29) is 17.5 Å². The lowest BCUT2D eigenvalue weighted by Crippen LogP contribution is -2.39. The summed E-state index contributed by atoms with van der Waals surface area (Å²) in [6, 6.07) is 20.8. The van der Waals surface area contributed by atoms with Gasteiger partial charge in [-0.15, -0.1) is 11.3 Å². The molecule has 154 valence electrons. The summed E-state index contributed by atoms with van der Waals surface area (Å²) in [5, 5.41) is 2.57. The van der Waals surface area contributed by atoms with Crippen molar-refractivity contribution in [3.05, 3.63) is 99.0 Å². The molecule has 5 nitrogen and oxygen atoms in total. The molecule has 4 rings (SSSR count). The van der Waals surface area contributed by atoms with Gasteiger partial charge >= 0.3 is 5.63 Å². The second-order valence-electron chi connectivity index (χ2n) is 7.12. The molecule has 7 heteroatoms. The summed E-state index contributed by atoms with van der Waals surface area (Å²) in [5.41, 5.74) is 0.821. The molecule has 0 spiro atoms. The van der Waals surface area contributed by atoms with Crippen LogP contribution in [0.1, 0.15) is 17.4 Å². The first kappa shape index (κ1) is 20.5. The minimum atomic E-state index is -3.79. The number of thiophene rings is 1. The normalized spacial score (nSPS) is 13.0. The number of hydrogen-bond acceptors (Lipinski definition) is 5. The van der Waals surface area contributed by atoms with Crippen molar-refractivity contribution in [2.24, 2.45) is 0 Å². The van der Waals surface area contributed by atoms with Crippen LogP contribution in [0.5, 0.6) is 0 Å². The van der Waals surface area contributed by atoms with E-state index in [0.29, 0.717) is 17.4 Å². The van der Waals surface area contributed by atoms with Crippen LogP contribution < -0.4 is 5.63 Å². The zero-order chi connectivity index (χ0) is 21.1. The maximum absolute atomic E-state index is 13.7. The van der Waals surface area contributed by atoms with Crippen LogP contribution in [0.3, 0.4) is 0 Å². The summed E-state index contributed by atoms with van der Waals surface area (Å²) < 4.78 is 34.0. The lowest BCUT2D eigenvalue weighted by molar-refractivity contribution is 0.329. The zero-order valence-corrected chi connectivity index (χ0v) is 18.0. The van der Waals surface area contributed by atoms with Crippen molar-refractivity contribution in [1.29, 1.82) is 0 Å². The molecule has 4 aromatic rings. The first-order valence-corrected chi connectivity index (χ1v) is 11.9. The summed E-state index contributed by atoms with van der Waals surface area (Å²) in [6.07, 6.45) is 0.631. The van der Waals surface area contributed by atoms with E-state index in [1.165, 1.54) is 18.2 Å². The predicted octanol–water partition coefficient (Wildman–Crippen LogP) is 4.68. The molecule has 1 atom stereocenters. The molecule has 0 aliphatic carbocycles. The average Bonchev–Trinajstić information content (AvgIpc) is 3.25. The van der Waals surface area contributed by atoms with E-state index < -0.39 is 15.6 Å². The Morgan fingerprint density at radius 3 is 2.53 bits per heavy atom. The van der Waals surface area contributed by atoms with Crippen LogP contribution in [0.15, 0.2) is 92.3 Å². The van der Waals surface area contributed by atoms with E-state index in [1.807, 2.05) is 54.8 Å². The Bertz CT molecular complexity index is 1300. The molecular formula is C23H21NO4S2. The lowest BCUT2D eigenvalue weighted by atomic mass is 10.1. The molecule has 0 amide bonds. The fraction of sp³-hybridized carbons (Fsp3) is 0.174. The van der Waals surface area contributed by atoms with Crippen molar-refractivity contribution >= 4 is 32.3 Å². The highest BCUT2D eigenvalue weighted by Crippen LogP contribution is 2.26. The van der Waals surface area contributed by atoms with Crippen molar-refractivity contribution in [1.82, 2.24) is 4.31 Å². The number of hydrogen-bond donors (Lipinski definition) is 0. The molecule has 0 radical (unpaired) electrons. The van der Waals surface area contributed by atoms with Crippen molar-refractivity contribution in [3.63, 3.8) is 0 Å². The quantitative estimate of drug-likeness (QED) is 0.392. The first-order chi connectivity index (χ1) is 14.4. The summed E-state index contributed by atoms with van der Waals surface area (Å²) >= 11 is 1.62. The number of benzene rings is 2. The molecule has 0 fully saturated rings. The van der Waals surface area contributed by atoms with Crippen molar-refractivity contribution in [2.75, 3.05) is 0 Å². The van der Waals surface area contributed by atoms with E-state index in [2.05, 4.69) is 0 Å². The Balaban J connectivity index is 1.73. The third-order valence-electron chi connectivity index (χ3n) is 4.95. The van der Waals surface area contributed by atoms with Crippen LogP contribution in [0.4, 0.5) is 0 Å². The average molecular weight is 440 g/mol. The minimum absolute atomic E-state index is 0.179. The lowest BCUT2D eigenvalue weighted by Gasteiger charge is -2.28. The van der Waals surface area contributed by atoms with Gasteiger partial charge < -0.3 is 4.42 Å². The summed E-state index contributed by atoms with van der Waals surface area (Å²) in [4.78, 5) is 12.7. The highest BCUT2D eigenvalue weighted by Gasteiger charge is 2.30. The van der Waals surface area contributed by atoms with Gasteiger partial charge in [0, 0.05) is 28.9 Å². The Labute approximate surface area is 179 Å². The third kappa shape index (κ3) is 4.38. The molecule has 30 heavy (non-hydrogen) atoms. The Morgan fingerprint density at radius 2 is 1.80 bits per heavy atom. The molecule has 0 bridgehead atoms. The van der Waals surface area contributed by atoms with Crippen LogP contribution in [-0.2, 0) is 23.0 Å². The Morgan fingerprint density at radius 1 is 1.00 bits per heavy atom. The number of fused-ring (bicyclic) bond motifs is 1. The van der Waals surface area contributed by atoms with Gasteiger partial charge in [-0.1, -0.05) is 36.4 Å². The predicted molar refractivity (Wildman–Crippen MR) is 119 cm³/mol. The van der Waals surface area contributed by atoms with Crippen molar-refractivity contribution in [3.8, 4) is 0 Å². The summed E-state index contributed by atoms with van der Waals surface area (Å²) in [7, 11) is -3.79. The van der Waals surface area contributed by atoms with Gasteiger partial charge in [-0.25, -0.2) is 13.2 Å². The van der Waals surface area contributed by atoms with Crippen LogP contribution in [0.25, 0.3) is 11.0 Å². The molecule has 0 saturated carbocycles. The Hall–Kier alpha value is -2.74. The second kappa shape index (κ2) is 8.55. The fourth-order valence-electron chi connectivity index (χ4n) is 3.41. The summed E-state index contributed by atoms with van der Waals surface area (Å²) in [6.45, 7) is 2.21. The first-order valence-electron chi connectivity index (χ1n) is 9.55. The van der Waals surface area contributed by atoms with Crippen molar-refractivity contribution in [2.45, 2.75) is 30.8 Å². The molecular weight excluding hydrogens is 418 g/mol. The summed E-state index contributed by atoms with van der Waals surface area (Å²) in [5.74, 6) is 0. The van der Waals surface area contributed by atoms with Gasteiger partial charge in [0.05, 0.1) is 4.90 Å². The topological polar surface area (TPSA) is 67.6 Å². The van der Waals surface area contributed by atoms with Gasteiger partial charge in [-0.2, -0.15) is 4.31 Å². The Kier molecular flexibility index (Phi) is 5.85.